The zero-order valence-corrected chi connectivity index (χ0v) is 15.2. The second kappa shape index (κ2) is 7.25. The van der Waals surface area contributed by atoms with Crippen molar-refractivity contribution in [1.82, 2.24) is 15.1 Å². The molecule has 0 aliphatic carbocycles. The molecule has 1 aromatic heterocycles. The Labute approximate surface area is 155 Å². The Kier molecular flexibility index (Phi) is 5.06. The van der Waals surface area contributed by atoms with Crippen LogP contribution in [-0.2, 0) is 6.54 Å². The number of amides is 1. The van der Waals surface area contributed by atoms with Crippen LogP contribution in [-0.4, -0.2) is 28.1 Å². The molecule has 0 fully saturated rings. The normalized spacial score (nSPS) is 10.7. The van der Waals surface area contributed by atoms with E-state index in [1.54, 1.807) is 19.2 Å². The summed E-state index contributed by atoms with van der Waals surface area (Å²) >= 11 is 11.9. The van der Waals surface area contributed by atoms with E-state index in [0.717, 1.165) is 16.7 Å². The largest absolute Gasteiger partial charge is 0.412 e. The van der Waals surface area contributed by atoms with Gasteiger partial charge in [-0.2, -0.15) is 0 Å². The molecule has 0 unspecified atom stereocenters. The number of hydrogen-bond donors (Lipinski definition) is 0. The second-order valence-electron chi connectivity index (χ2n) is 5.69. The number of rotatable bonds is 4. The van der Waals surface area contributed by atoms with Crippen molar-refractivity contribution in [2.75, 3.05) is 7.05 Å². The Morgan fingerprint density at radius 3 is 2.64 bits per heavy atom. The fourth-order valence-electron chi connectivity index (χ4n) is 2.35. The Bertz CT molecular complexity index is 924. The minimum atomic E-state index is -0.363. The first-order valence-corrected chi connectivity index (χ1v) is 8.29. The highest BCUT2D eigenvalue weighted by Gasteiger charge is 2.20. The minimum absolute atomic E-state index is 0.0564. The molecule has 0 bridgehead atoms. The summed E-state index contributed by atoms with van der Waals surface area (Å²) in [6, 6.07) is 12.9. The molecule has 0 saturated carbocycles. The molecule has 1 amide bonds. The van der Waals surface area contributed by atoms with Crippen molar-refractivity contribution in [3.8, 4) is 11.5 Å². The molecule has 0 atom stereocenters. The van der Waals surface area contributed by atoms with Crippen molar-refractivity contribution in [2.24, 2.45) is 0 Å². The first-order valence-electron chi connectivity index (χ1n) is 7.54. The molecule has 0 aliphatic rings. The molecule has 0 radical (unpaired) electrons. The summed E-state index contributed by atoms with van der Waals surface area (Å²) in [6.45, 7) is 2.31. The van der Waals surface area contributed by atoms with Crippen LogP contribution in [0, 0.1) is 6.92 Å². The summed E-state index contributed by atoms with van der Waals surface area (Å²) in [7, 11) is 1.65. The Morgan fingerprint density at radius 1 is 1.12 bits per heavy atom. The predicted octanol–water partition coefficient (Wildman–Crippen LogP) is 4.62. The van der Waals surface area contributed by atoms with E-state index in [-0.39, 0.29) is 11.8 Å². The average Bonchev–Trinajstić information content (AvgIpc) is 3.07. The highest BCUT2D eigenvalue weighted by Crippen LogP contribution is 2.24. The van der Waals surface area contributed by atoms with E-state index in [1.807, 2.05) is 37.3 Å². The van der Waals surface area contributed by atoms with Crippen LogP contribution in [0.1, 0.15) is 21.8 Å². The Hall–Kier alpha value is -2.37. The highest BCUT2D eigenvalue weighted by molar-refractivity contribution is 6.42. The average molecular weight is 376 g/mol. The fraction of sp³-hybridized carbons (Fsp3) is 0.167. The Morgan fingerprint density at radius 2 is 1.92 bits per heavy atom. The number of nitrogens with zero attached hydrogens (tertiary/aromatic N) is 3. The molecule has 7 heteroatoms. The summed E-state index contributed by atoms with van der Waals surface area (Å²) in [4.78, 5) is 14.0. The maximum Gasteiger partial charge on any atom is 0.311 e. The van der Waals surface area contributed by atoms with Crippen LogP contribution < -0.4 is 0 Å². The molecule has 0 spiro atoms. The standard InChI is InChI=1S/C18H15Cl2N3O2/c1-11-4-3-5-13(8-11)16-21-22-17(25-16)18(24)23(2)10-12-6-7-14(19)15(20)9-12/h3-9H,10H2,1-2H3. The minimum Gasteiger partial charge on any atom is -0.412 e. The molecule has 0 aliphatic heterocycles. The van der Waals surface area contributed by atoms with Crippen molar-refractivity contribution in [3.05, 3.63) is 69.5 Å². The third-order valence-electron chi connectivity index (χ3n) is 3.62. The molecule has 1 heterocycles. The van der Waals surface area contributed by atoms with Gasteiger partial charge in [0.1, 0.15) is 0 Å². The van der Waals surface area contributed by atoms with Gasteiger partial charge in [-0.05, 0) is 36.8 Å². The first kappa shape index (κ1) is 17.5. The molecular weight excluding hydrogens is 361 g/mol. The lowest BCUT2D eigenvalue weighted by Crippen LogP contribution is -2.26. The predicted molar refractivity (Wildman–Crippen MR) is 96.7 cm³/mol. The van der Waals surface area contributed by atoms with E-state index in [4.69, 9.17) is 27.6 Å². The number of carbonyl (C=O) groups excluding carboxylic acids is 1. The molecule has 5 nitrogen and oxygen atoms in total. The van der Waals surface area contributed by atoms with E-state index >= 15 is 0 Å². The number of benzene rings is 2. The lowest BCUT2D eigenvalue weighted by Gasteiger charge is -2.15. The van der Waals surface area contributed by atoms with Gasteiger partial charge >= 0.3 is 11.8 Å². The zero-order valence-electron chi connectivity index (χ0n) is 13.7. The summed E-state index contributed by atoms with van der Waals surface area (Å²) in [5.41, 5.74) is 2.70. The molecule has 3 aromatic rings. The van der Waals surface area contributed by atoms with Crippen molar-refractivity contribution < 1.29 is 9.21 Å². The molecule has 3 rings (SSSR count). The van der Waals surface area contributed by atoms with Gasteiger partial charge in [0.25, 0.3) is 0 Å². The SMILES string of the molecule is Cc1cccc(-c2nnc(C(=O)N(C)Cc3ccc(Cl)c(Cl)c3)o2)c1. The molecule has 128 valence electrons. The van der Waals surface area contributed by atoms with Gasteiger partial charge < -0.3 is 9.32 Å². The monoisotopic (exact) mass is 375 g/mol. The number of carbonyl (C=O) groups is 1. The quantitative estimate of drug-likeness (QED) is 0.667. The third kappa shape index (κ3) is 4.00. The summed E-state index contributed by atoms with van der Waals surface area (Å²) in [6.07, 6.45) is 0. The molecular formula is C18H15Cl2N3O2. The van der Waals surface area contributed by atoms with Gasteiger partial charge in [0, 0.05) is 19.2 Å². The van der Waals surface area contributed by atoms with Crippen LogP contribution in [0.5, 0.6) is 0 Å². The van der Waals surface area contributed by atoms with Gasteiger partial charge in [0.2, 0.25) is 5.89 Å². The van der Waals surface area contributed by atoms with Crippen molar-refractivity contribution in [3.63, 3.8) is 0 Å². The van der Waals surface area contributed by atoms with Crippen LogP contribution >= 0.6 is 23.2 Å². The smallest absolute Gasteiger partial charge is 0.311 e. The van der Waals surface area contributed by atoms with Crippen molar-refractivity contribution in [2.45, 2.75) is 13.5 Å². The summed E-state index contributed by atoms with van der Waals surface area (Å²) in [5, 5.41) is 8.74. The molecule has 2 aromatic carbocycles. The third-order valence-corrected chi connectivity index (χ3v) is 4.36. The summed E-state index contributed by atoms with van der Waals surface area (Å²) in [5.74, 6) is -0.105. The zero-order chi connectivity index (χ0) is 18.0. The summed E-state index contributed by atoms with van der Waals surface area (Å²) < 4.78 is 5.53. The number of aryl methyl sites for hydroxylation is 1. The fourth-order valence-corrected chi connectivity index (χ4v) is 2.67. The topological polar surface area (TPSA) is 59.2 Å². The molecule has 0 N–H and O–H groups in total. The van der Waals surface area contributed by atoms with Crippen LogP contribution in [0.25, 0.3) is 11.5 Å². The first-order chi connectivity index (χ1) is 11.9. The van der Waals surface area contributed by atoms with Crippen LogP contribution in [0.3, 0.4) is 0 Å². The van der Waals surface area contributed by atoms with E-state index in [0.29, 0.717) is 22.5 Å². The lowest BCUT2D eigenvalue weighted by atomic mass is 10.1. The van der Waals surface area contributed by atoms with Crippen LogP contribution in [0.2, 0.25) is 10.0 Å². The van der Waals surface area contributed by atoms with Gasteiger partial charge in [0.15, 0.2) is 0 Å². The number of aromatic nitrogens is 2. The van der Waals surface area contributed by atoms with Crippen molar-refractivity contribution >= 4 is 29.1 Å². The molecule has 0 saturated heterocycles. The van der Waals surface area contributed by atoms with Crippen LogP contribution in [0.15, 0.2) is 46.9 Å². The van der Waals surface area contributed by atoms with Crippen LogP contribution in [0.4, 0.5) is 0 Å². The van der Waals surface area contributed by atoms with Gasteiger partial charge in [-0.25, -0.2) is 0 Å². The van der Waals surface area contributed by atoms with Crippen molar-refractivity contribution in [1.29, 1.82) is 0 Å². The van der Waals surface area contributed by atoms with E-state index in [9.17, 15) is 4.79 Å². The number of hydrogen-bond acceptors (Lipinski definition) is 4. The van der Waals surface area contributed by atoms with Gasteiger partial charge in [-0.1, -0.05) is 47.0 Å². The lowest BCUT2D eigenvalue weighted by molar-refractivity contribution is 0.0746. The Balaban J connectivity index is 1.75. The second-order valence-corrected chi connectivity index (χ2v) is 6.51. The van der Waals surface area contributed by atoms with Gasteiger partial charge in [0.05, 0.1) is 10.0 Å². The maximum absolute atomic E-state index is 12.5. The maximum atomic E-state index is 12.5. The van der Waals surface area contributed by atoms with Gasteiger partial charge in [-0.15, -0.1) is 10.2 Å². The van der Waals surface area contributed by atoms with E-state index < -0.39 is 0 Å². The highest BCUT2D eigenvalue weighted by atomic mass is 35.5. The van der Waals surface area contributed by atoms with Gasteiger partial charge in [-0.3, -0.25) is 4.79 Å². The van der Waals surface area contributed by atoms with E-state index in [2.05, 4.69) is 10.2 Å². The molecule has 25 heavy (non-hydrogen) atoms. The number of halogens is 2. The van der Waals surface area contributed by atoms with E-state index in [1.165, 1.54) is 4.90 Å².